The third-order valence-electron chi connectivity index (χ3n) is 5.99. The maximum atomic E-state index is 13.8. The van der Waals surface area contributed by atoms with Crippen LogP contribution in [0.15, 0.2) is 66.7 Å². The molecule has 1 aliphatic carbocycles. The summed E-state index contributed by atoms with van der Waals surface area (Å²) in [7, 11) is 0. The standard InChI is InChI=1S/C27H26FNO6/c1-2-34-26(32)21-12-11-16(28)13-22(21)25(31)24(30)14-29-27(33)35-15-23-19-9-5-3-7-17(19)18-8-4-6-10-20(18)23/h3-13,23-25,30-31H,2,14-15H2,1H3,(H,29,33). The number of ether oxygens (including phenoxy) is 2. The zero-order valence-corrected chi connectivity index (χ0v) is 19.1. The molecule has 8 heteroatoms. The Labute approximate surface area is 202 Å². The van der Waals surface area contributed by atoms with Gasteiger partial charge in [-0.3, -0.25) is 0 Å². The molecule has 4 rings (SSSR count). The number of alkyl carbamates (subject to hydrolysis) is 1. The molecule has 2 unspecified atom stereocenters. The monoisotopic (exact) mass is 479 g/mol. The minimum atomic E-state index is -1.64. The third-order valence-corrected chi connectivity index (χ3v) is 5.99. The number of aliphatic hydroxyl groups excluding tert-OH is 2. The van der Waals surface area contributed by atoms with Crippen molar-refractivity contribution in [3.05, 3.63) is 94.8 Å². The predicted molar refractivity (Wildman–Crippen MR) is 126 cm³/mol. The van der Waals surface area contributed by atoms with E-state index in [0.717, 1.165) is 34.4 Å². The van der Waals surface area contributed by atoms with Gasteiger partial charge in [-0.25, -0.2) is 14.0 Å². The summed E-state index contributed by atoms with van der Waals surface area (Å²) in [6.45, 7) is 1.42. The predicted octanol–water partition coefficient (Wildman–Crippen LogP) is 3.94. The first-order valence-corrected chi connectivity index (χ1v) is 11.3. The highest BCUT2D eigenvalue weighted by Gasteiger charge is 2.29. The van der Waals surface area contributed by atoms with Gasteiger partial charge in [-0.05, 0) is 47.4 Å². The van der Waals surface area contributed by atoms with E-state index in [-0.39, 0.29) is 36.8 Å². The quantitative estimate of drug-likeness (QED) is 0.423. The lowest BCUT2D eigenvalue weighted by Crippen LogP contribution is -2.36. The number of rotatable bonds is 8. The van der Waals surface area contributed by atoms with Crippen LogP contribution in [-0.4, -0.2) is 48.1 Å². The lowest BCUT2D eigenvalue weighted by Gasteiger charge is -2.21. The summed E-state index contributed by atoms with van der Waals surface area (Å²) in [5, 5.41) is 23.3. The highest BCUT2D eigenvalue weighted by atomic mass is 19.1. The van der Waals surface area contributed by atoms with Crippen molar-refractivity contribution in [3.63, 3.8) is 0 Å². The normalized spacial score (nSPS) is 13.9. The number of fused-ring (bicyclic) bond motifs is 3. The zero-order valence-electron chi connectivity index (χ0n) is 19.1. The number of hydrogen-bond donors (Lipinski definition) is 3. The number of carbonyl (C=O) groups is 2. The largest absolute Gasteiger partial charge is 0.462 e. The van der Waals surface area contributed by atoms with Crippen LogP contribution in [-0.2, 0) is 9.47 Å². The van der Waals surface area contributed by atoms with E-state index in [9.17, 15) is 24.2 Å². The highest BCUT2D eigenvalue weighted by molar-refractivity contribution is 5.91. The number of esters is 1. The van der Waals surface area contributed by atoms with Crippen molar-refractivity contribution in [3.8, 4) is 11.1 Å². The maximum Gasteiger partial charge on any atom is 0.407 e. The second-order valence-electron chi connectivity index (χ2n) is 8.17. The summed E-state index contributed by atoms with van der Waals surface area (Å²) in [6, 6.07) is 19.1. The van der Waals surface area contributed by atoms with Crippen LogP contribution in [0, 0.1) is 5.82 Å². The minimum Gasteiger partial charge on any atom is -0.462 e. The Bertz CT molecular complexity index is 1180. The van der Waals surface area contributed by atoms with Crippen LogP contribution in [0.2, 0.25) is 0 Å². The van der Waals surface area contributed by atoms with E-state index in [1.54, 1.807) is 6.92 Å². The highest BCUT2D eigenvalue weighted by Crippen LogP contribution is 2.44. The summed E-state index contributed by atoms with van der Waals surface area (Å²) in [4.78, 5) is 24.5. The first-order valence-electron chi connectivity index (χ1n) is 11.3. The number of hydrogen-bond acceptors (Lipinski definition) is 6. The van der Waals surface area contributed by atoms with Crippen LogP contribution in [0.3, 0.4) is 0 Å². The fourth-order valence-electron chi connectivity index (χ4n) is 4.33. The SMILES string of the molecule is CCOC(=O)c1ccc(F)cc1C(O)C(O)CNC(=O)OCC1c2ccccc2-c2ccccc21. The van der Waals surface area contributed by atoms with Crippen molar-refractivity contribution in [2.24, 2.45) is 0 Å². The van der Waals surface area contributed by atoms with Gasteiger partial charge in [-0.1, -0.05) is 48.5 Å². The van der Waals surface area contributed by atoms with Crippen molar-refractivity contribution < 1.29 is 33.7 Å². The van der Waals surface area contributed by atoms with Gasteiger partial charge >= 0.3 is 12.1 Å². The molecular formula is C27H26FNO6. The Kier molecular flexibility index (Phi) is 7.43. The molecule has 0 heterocycles. The van der Waals surface area contributed by atoms with E-state index in [0.29, 0.717) is 0 Å². The number of carbonyl (C=O) groups excluding carboxylic acids is 2. The second-order valence-corrected chi connectivity index (χ2v) is 8.17. The number of aliphatic hydroxyl groups is 2. The number of halogens is 1. The summed E-state index contributed by atoms with van der Waals surface area (Å²) in [5.41, 5.74) is 4.13. The van der Waals surface area contributed by atoms with Crippen LogP contribution in [0.4, 0.5) is 9.18 Å². The van der Waals surface area contributed by atoms with Gasteiger partial charge in [0.15, 0.2) is 0 Å². The van der Waals surface area contributed by atoms with Gasteiger partial charge in [0.1, 0.15) is 24.6 Å². The average molecular weight is 480 g/mol. The van der Waals surface area contributed by atoms with Crippen LogP contribution in [0.5, 0.6) is 0 Å². The van der Waals surface area contributed by atoms with Crippen LogP contribution >= 0.6 is 0 Å². The fraction of sp³-hybridized carbons (Fsp3) is 0.259. The number of benzene rings is 3. The van der Waals surface area contributed by atoms with E-state index < -0.39 is 30.1 Å². The first-order chi connectivity index (χ1) is 16.9. The van der Waals surface area contributed by atoms with Gasteiger partial charge in [0.05, 0.1) is 12.2 Å². The zero-order chi connectivity index (χ0) is 24.9. The molecule has 7 nitrogen and oxygen atoms in total. The molecule has 3 aromatic carbocycles. The van der Waals surface area contributed by atoms with Gasteiger partial charge in [0, 0.05) is 18.0 Å². The van der Waals surface area contributed by atoms with E-state index in [2.05, 4.69) is 5.32 Å². The molecule has 1 aliphatic rings. The van der Waals surface area contributed by atoms with Gasteiger partial charge in [0.2, 0.25) is 0 Å². The van der Waals surface area contributed by atoms with Crippen molar-refractivity contribution in [2.45, 2.75) is 25.0 Å². The van der Waals surface area contributed by atoms with E-state index >= 15 is 0 Å². The Hall–Kier alpha value is -3.75. The smallest absolute Gasteiger partial charge is 0.407 e. The van der Waals surface area contributed by atoms with Gasteiger partial charge in [-0.2, -0.15) is 0 Å². The molecule has 182 valence electrons. The topological polar surface area (TPSA) is 105 Å². The van der Waals surface area contributed by atoms with Crippen molar-refractivity contribution in [2.75, 3.05) is 19.8 Å². The molecule has 0 saturated heterocycles. The van der Waals surface area contributed by atoms with Crippen molar-refractivity contribution in [1.29, 1.82) is 0 Å². The molecule has 0 aliphatic heterocycles. The van der Waals surface area contributed by atoms with E-state index in [1.165, 1.54) is 6.07 Å². The number of nitrogens with one attached hydrogen (secondary N) is 1. The second kappa shape index (κ2) is 10.7. The Morgan fingerprint density at radius 1 is 0.971 bits per heavy atom. The van der Waals surface area contributed by atoms with Crippen LogP contribution in [0.25, 0.3) is 11.1 Å². The molecule has 3 aromatic rings. The first kappa shape index (κ1) is 24.4. The molecule has 1 amide bonds. The minimum absolute atomic E-state index is 0.0686. The molecule has 2 atom stereocenters. The molecule has 0 bridgehead atoms. The molecule has 0 aromatic heterocycles. The molecule has 0 fully saturated rings. The van der Waals surface area contributed by atoms with Crippen molar-refractivity contribution in [1.82, 2.24) is 5.32 Å². The van der Waals surface area contributed by atoms with E-state index in [1.807, 2.05) is 48.5 Å². The maximum absolute atomic E-state index is 13.8. The fourth-order valence-corrected chi connectivity index (χ4v) is 4.33. The van der Waals surface area contributed by atoms with Crippen LogP contribution in [0.1, 0.15) is 46.0 Å². The molecular weight excluding hydrogens is 453 g/mol. The van der Waals surface area contributed by atoms with Crippen LogP contribution < -0.4 is 5.32 Å². The van der Waals surface area contributed by atoms with Crippen molar-refractivity contribution >= 4 is 12.1 Å². The Balaban J connectivity index is 1.37. The lowest BCUT2D eigenvalue weighted by atomic mass is 9.98. The summed E-state index contributed by atoms with van der Waals surface area (Å²) in [6.07, 6.45) is -3.94. The van der Waals surface area contributed by atoms with Gasteiger partial charge in [-0.15, -0.1) is 0 Å². The molecule has 0 radical (unpaired) electrons. The summed E-state index contributed by atoms with van der Waals surface area (Å²) >= 11 is 0. The van der Waals surface area contributed by atoms with E-state index in [4.69, 9.17) is 9.47 Å². The Morgan fingerprint density at radius 3 is 2.23 bits per heavy atom. The molecule has 0 spiro atoms. The third kappa shape index (κ3) is 5.18. The molecule has 3 N–H and O–H groups in total. The molecule has 35 heavy (non-hydrogen) atoms. The van der Waals surface area contributed by atoms with Gasteiger partial charge in [0.25, 0.3) is 0 Å². The lowest BCUT2D eigenvalue weighted by molar-refractivity contribution is 0.0168. The summed E-state index contributed by atoms with van der Waals surface area (Å²) < 4.78 is 24.1. The molecule has 0 saturated carbocycles. The average Bonchev–Trinajstić information content (AvgIpc) is 3.19. The van der Waals surface area contributed by atoms with Gasteiger partial charge < -0.3 is 25.0 Å². The number of amides is 1. The summed E-state index contributed by atoms with van der Waals surface area (Å²) in [5.74, 6) is -1.56. The Morgan fingerprint density at radius 2 is 1.60 bits per heavy atom.